The highest BCUT2D eigenvalue weighted by Crippen LogP contribution is 2.21. The van der Waals surface area contributed by atoms with Gasteiger partial charge < -0.3 is 14.5 Å². The first kappa shape index (κ1) is 16.7. The fourth-order valence-electron chi connectivity index (χ4n) is 3.32. The third-order valence-corrected chi connectivity index (χ3v) is 4.80. The Labute approximate surface area is 129 Å². The summed E-state index contributed by atoms with van der Waals surface area (Å²) in [7, 11) is 4.27. The number of hydrogen-bond acceptors (Lipinski definition) is 5. The molecule has 0 amide bonds. The Hall–Kier alpha value is -0.650. The van der Waals surface area contributed by atoms with Gasteiger partial charge in [-0.05, 0) is 46.4 Å². The van der Waals surface area contributed by atoms with Crippen molar-refractivity contribution in [2.45, 2.75) is 44.7 Å². The molecule has 0 aliphatic carbocycles. The van der Waals surface area contributed by atoms with Gasteiger partial charge >= 0.3 is 5.97 Å². The molecule has 0 aromatic carbocycles. The van der Waals surface area contributed by atoms with Gasteiger partial charge in [0.2, 0.25) is 0 Å². The third kappa shape index (κ3) is 4.66. The van der Waals surface area contributed by atoms with Crippen molar-refractivity contribution in [1.29, 1.82) is 0 Å². The van der Waals surface area contributed by atoms with Gasteiger partial charge in [0.1, 0.15) is 6.04 Å². The van der Waals surface area contributed by atoms with Gasteiger partial charge in [-0.15, -0.1) is 0 Å². The van der Waals surface area contributed by atoms with E-state index in [0.717, 1.165) is 45.6 Å². The maximum absolute atomic E-state index is 12.4. The van der Waals surface area contributed by atoms with Gasteiger partial charge in [-0.3, -0.25) is 9.69 Å². The minimum atomic E-state index is -0.0750. The van der Waals surface area contributed by atoms with Crippen molar-refractivity contribution >= 4 is 5.97 Å². The SMILES string of the molecule is CCCCOC(=O)C1CN(C)CCN1C1CCN(C)CC1. The molecule has 0 aromatic heterocycles. The molecular weight excluding hydrogens is 266 g/mol. The minimum absolute atomic E-state index is 0.0195. The molecule has 122 valence electrons. The molecule has 0 radical (unpaired) electrons. The molecule has 2 aliphatic heterocycles. The Morgan fingerprint density at radius 1 is 1.10 bits per heavy atom. The number of likely N-dealkylation sites (N-methyl/N-ethyl adjacent to an activating group) is 1. The number of rotatable bonds is 5. The summed E-state index contributed by atoms with van der Waals surface area (Å²) < 4.78 is 5.49. The molecule has 2 rings (SSSR count). The highest BCUT2D eigenvalue weighted by atomic mass is 16.5. The highest BCUT2D eigenvalue weighted by Gasteiger charge is 2.37. The van der Waals surface area contributed by atoms with Crippen molar-refractivity contribution in [2.75, 3.05) is 53.4 Å². The molecule has 0 aromatic rings. The van der Waals surface area contributed by atoms with Crippen LogP contribution in [0.15, 0.2) is 0 Å². The zero-order valence-electron chi connectivity index (χ0n) is 13.9. The predicted octanol–water partition coefficient (Wildman–Crippen LogP) is 1.04. The number of piperazine rings is 1. The number of esters is 1. The van der Waals surface area contributed by atoms with E-state index in [9.17, 15) is 4.79 Å². The number of nitrogens with zero attached hydrogens (tertiary/aromatic N) is 3. The van der Waals surface area contributed by atoms with Crippen LogP contribution in [-0.2, 0) is 9.53 Å². The molecule has 5 nitrogen and oxygen atoms in total. The van der Waals surface area contributed by atoms with Crippen molar-refractivity contribution in [2.24, 2.45) is 0 Å². The van der Waals surface area contributed by atoms with Crippen LogP contribution in [0.4, 0.5) is 0 Å². The molecule has 2 heterocycles. The van der Waals surface area contributed by atoms with Gasteiger partial charge in [0.15, 0.2) is 0 Å². The Morgan fingerprint density at radius 3 is 2.48 bits per heavy atom. The molecule has 0 spiro atoms. The van der Waals surface area contributed by atoms with E-state index in [1.54, 1.807) is 0 Å². The molecule has 5 heteroatoms. The lowest BCUT2D eigenvalue weighted by Crippen LogP contribution is -2.60. The smallest absolute Gasteiger partial charge is 0.324 e. The standard InChI is InChI=1S/C16H31N3O2/c1-4-5-12-21-16(20)15-13-18(3)10-11-19(15)14-6-8-17(2)9-7-14/h14-15H,4-13H2,1-3H3. The summed E-state index contributed by atoms with van der Waals surface area (Å²) in [5.41, 5.74) is 0. The third-order valence-electron chi connectivity index (χ3n) is 4.80. The number of hydrogen-bond donors (Lipinski definition) is 0. The molecule has 0 saturated carbocycles. The molecule has 21 heavy (non-hydrogen) atoms. The van der Waals surface area contributed by atoms with Crippen LogP contribution in [0.3, 0.4) is 0 Å². The summed E-state index contributed by atoms with van der Waals surface area (Å²) in [4.78, 5) is 19.5. The second-order valence-electron chi connectivity index (χ2n) is 6.57. The second-order valence-corrected chi connectivity index (χ2v) is 6.57. The molecule has 1 atom stereocenters. The number of ether oxygens (including phenoxy) is 1. The largest absolute Gasteiger partial charge is 0.464 e. The van der Waals surface area contributed by atoms with Crippen LogP contribution in [0.2, 0.25) is 0 Å². The van der Waals surface area contributed by atoms with Crippen LogP contribution in [-0.4, -0.2) is 86.2 Å². The van der Waals surface area contributed by atoms with Crippen molar-refractivity contribution in [1.82, 2.24) is 14.7 Å². The summed E-state index contributed by atoms with van der Waals surface area (Å²) >= 11 is 0. The number of piperidine rings is 1. The number of carbonyl (C=O) groups excluding carboxylic acids is 1. The lowest BCUT2D eigenvalue weighted by molar-refractivity contribution is -0.154. The molecule has 2 saturated heterocycles. The number of carbonyl (C=O) groups is 1. The van der Waals surface area contributed by atoms with E-state index < -0.39 is 0 Å². The van der Waals surface area contributed by atoms with E-state index in [4.69, 9.17) is 4.74 Å². The van der Waals surface area contributed by atoms with Gasteiger partial charge in [-0.1, -0.05) is 13.3 Å². The minimum Gasteiger partial charge on any atom is -0.464 e. The van der Waals surface area contributed by atoms with Crippen LogP contribution >= 0.6 is 0 Å². The van der Waals surface area contributed by atoms with E-state index in [1.807, 2.05) is 0 Å². The van der Waals surface area contributed by atoms with Gasteiger partial charge in [-0.2, -0.15) is 0 Å². The Balaban J connectivity index is 1.94. The van der Waals surface area contributed by atoms with Gasteiger partial charge in [-0.25, -0.2) is 0 Å². The molecular formula is C16H31N3O2. The first-order chi connectivity index (χ1) is 10.1. The van der Waals surface area contributed by atoms with E-state index in [2.05, 4.69) is 35.7 Å². The van der Waals surface area contributed by atoms with Crippen LogP contribution in [0.1, 0.15) is 32.6 Å². The predicted molar refractivity (Wildman–Crippen MR) is 84.4 cm³/mol. The van der Waals surface area contributed by atoms with Crippen molar-refractivity contribution < 1.29 is 9.53 Å². The van der Waals surface area contributed by atoms with Crippen LogP contribution in [0.5, 0.6) is 0 Å². The molecule has 0 bridgehead atoms. The molecule has 0 N–H and O–H groups in total. The highest BCUT2D eigenvalue weighted by molar-refractivity contribution is 5.76. The Morgan fingerprint density at radius 2 is 1.81 bits per heavy atom. The lowest BCUT2D eigenvalue weighted by Gasteiger charge is -2.45. The first-order valence-electron chi connectivity index (χ1n) is 8.41. The normalized spacial score (nSPS) is 26.9. The second kappa shape index (κ2) is 8.11. The van der Waals surface area contributed by atoms with Crippen molar-refractivity contribution in [3.05, 3.63) is 0 Å². The summed E-state index contributed by atoms with van der Waals surface area (Å²) in [6.07, 6.45) is 4.36. The number of unbranched alkanes of at least 4 members (excludes halogenated alkanes) is 1. The average molecular weight is 297 g/mol. The van der Waals surface area contributed by atoms with Crippen molar-refractivity contribution in [3.63, 3.8) is 0 Å². The van der Waals surface area contributed by atoms with Crippen LogP contribution in [0, 0.1) is 0 Å². The zero-order chi connectivity index (χ0) is 15.2. The molecule has 1 unspecified atom stereocenters. The van der Waals surface area contributed by atoms with E-state index in [-0.39, 0.29) is 12.0 Å². The first-order valence-corrected chi connectivity index (χ1v) is 8.41. The summed E-state index contributed by atoms with van der Waals surface area (Å²) in [5, 5.41) is 0. The quantitative estimate of drug-likeness (QED) is 0.560. The molecule has 2 aliphatic rings. The summed E-state index contributed by atoms with van der Waals surface area (Å²) in [5.74, 6) is -0.0195. The van der Waals surface area contributed by atoms with E-state index >= 15 is 0 Å². The number of likely N-dealkylation sites (tertiary alicyclic amines) is 1. The van der Waals surface area contributed by atoms with Gasteiger partial charge in [0.25, 0.3) is 0 Å². The monoisotopic (exact) mass is 297 g/mol. The van der Waals surface area contributed by atoms with Crippen molar-refractivity contribution in [3.8, 4) is 0 Å². The Kier molecular flexibility index (Phi) is 6.45. The fraction of sp³-hybridized carbons (Fsp3) is 0.938. The zero-order valence-corrected chi connectivity index (χ0v) is 13.9. The summed E-state index contributed by atoms with van der Waals surface area (Å²) in [6.45, 7) is 7.79. The average Bonchev–Trinajstić information content (AvgIpc) is 2.48. The van der Waals surface area contributed by atoms with Gasteiger partial charge in [0.05, 0.1) is 6.61 Å². The fourth-order valence-corrected chi connectivity index (χ4v) is 3.32. The van der Waals surface area contributed by atoms with Crippen LogP contribution < -0.4 is 0 Å². The van der Waals surface area contributed by atoms with Crippen LogP contribution in [0.25, 0.3) is 0 Å². The maximum Gasteiger partial charge on any atom is 0.324 e. The maximum atomic E-state index is 12.4. The van der Waals surface area contributed by atoms with E-state index in [0.29, 0.717) is 12.6 Å². The lowest BCUT2D eigenvalue weighted by atomic mass is 9.99. The topological polar surface area (TPSA) is 36.0 Å². The Bertz CT molecular complexity index is 329. The van der Waals surface area contributed by atoms with E-state index in [1.165, 1.54) is 12.8 Å². The summed E-state index contributed by atoms with van der Waals surface area (Å²) in [6, 6.07) is 0.465. The van der Waals surface area contributed by atoms with Gasteiger partial charge in [0, 0.05) is 25.7 Å². The molecule has 2 fully saturated rings.